The highest BCUT2D eigenvalue weighted by atomic mass is 35.5. The average molecular weight is 267 g/mol. The van der Waals surface area contributed by atoms with Crippen LogP contribution in [0.15, 0.2) is 24.3 Å². The molecule has 0 aliphatic carbocycles. The minimum absolute atomic E-state index is 0.0636. The number of likely N-dealkylation sites (tertiary alicyclic amines) is 1. The third-order valence-electron chi connectivity index (χ3n) is 3.71. The van der Waals surface area contributed by atoms with E-state index in [0.29, 0.717) is 23.0 Å². The molecule has 1 aliphatic rings. The lowest BCUT2D eigenvalue weighted by atomic mass is 9.90. The maximum Gasteiger partial charge on any atom is 0.254 e. The monoisotopic (exact) mass is 266 g/mol. The van der Waals surface area contributed by atoms with Gasteiger partial charge in [-0.2, -0.15) is 0 Å². The fourth-order valence-corrected chi connectivity index (χ4v) is 2.74. The first kappa shape index (κ1) is 13.4. The summed E-state index contributed by atoms with van der Waals surface area (Å²) in [6.45, 7) is 3.49. The molecular formula is C14H19ClN2O. The normalized spacial score (nSPS) is 24.1. The fraction of sp³-hybridized carbons (Fsp3) is 0.500. The van der Waals surface area contributed by atoms with Crippen molar-refractivity contribution in [2.45, 2.75) is 25.8 Å². The van der Waals surface area contributed by atoms with Gasteiger partial charge in [0.15, 0.2) is 0 Å². The van der Waals surface area contributed by atoms with Crippen LogP contribution in [0.5, 0.6) is 0 Å². The molecule has 18 heavy (non-hydrogen) atoms. The Bertz CT molecular complexity index is 418. The quantitative estimate of drug-likeness (QED) is 0.894. The summed E-state index contributed by atoms with van der Waals surface area (Å²) >= 11 is 5.84. The van der Waals surface area contributed by atoms with Gasteiger partial charge in [0.2, 0.25) is 0 Å². The third-order valence-corrected chi connectivity index (χ3v) is 3.96. The molecule has 0 aromatic heterocycles. The minimum atomic E-state index is 0.0636. The van der Waals surface area contributed by atoms with Crippen LogP contribution in [-0.2, 0) is 0 Å². The van der Waals surface area contributed by atoms with Gasteiger partial charge in [-0.1, -0.05) is 18.5 Å². The van der Waals surface area contributed by atoms with Gasteiger partial charge >= 0.3 is 0 Å². The summed E-state index contributed by atoms with van der Waals surface area (Å²) in [4.78, 5) is 14.4. The van der Waals surface area contributed by atoms with E-state index in [1.165, 1.54) is 0 Å². The number of hydrogen-bond donors (Lipinski definition) is 1. The zero-order chi connectivity index (χ0) is 13.1. The summed E-state index contributed by atoms with van der Waals surface area (Å²) in [5.74, 6) is 0.536. The molecule has 2 atom stereocenters. The second-order valence-electron chi connectivity index (χ2n) is 4.93. The topological polar surface area (TPSA) is 46.3 Å². The van der Waals surface area contributed by atoms with Crippen LogP contribution in [0, 0.1) is 5.92 Å². The summed E-state index contributed by atoms with van der Waals surface area (Å²) in [6.07, 6.45) is 2.20. The number of nitrogens with zero attached hydrogens (tertiary/aromatic N) is 1. The highest BCUT2D eigenvalue weighted by Gasteiger charge is 2.31. The molecule has 0 bridgehead atoms. The summed E-state index contributed by atoms with van der Waals surface area (Å²) < 4.78 is 0. The number of amides is 1. The minimum Gasteiger partial charge on any atom is -0.334 e. The molecular weight excluding hydrogens is 248 g/mol. The molecule has 3 nitrogen and oxygen atoms in total. The predicted molar refractivity (Wildman–Crippen MR) is 73.7 cm³/mol. The van der Waals surface area contributed by atoms with Crippen molar-refractivity contribution in [2.75, 3.05) is 13.1 Å². The highest BCUT2D eigenvalue weighted by molar-refractivity contribution is 6.30. The molecule has 2 rings (SSSR count). The Labute approximate surface area is 113 Å². The van der Waals surface area contributed by atoms with E-state index in [1.807, 2.05) is 4.90 Å². The summed E-state index contributed by atoms with van der Waals surface area (Å²) in [5, 5.41) is 0.647. The zero-order valence-corrected chi connectivity index (χ0v) is 11.4. The first-order valence-corrected chi connectivity index (χ1v) is 6.78. The predicted octanol–water partition coefficient (Wildman–Crippen LogP) is 2.54. The molecule has 98 valence electrons. The molecule has 1 aliphatic heterocycles. The lowest BCUT2D eigenvalue weighted by Gasteiger charge is -2.39. The maximum absolute atomic E-state index is 12.5. The Kier molecular flexibility index (Phi) is 4.25. The Morgan fingerprint density at radius 3 is 2.72 bits per heavy atom. The number of hydrogen-bond acceptors (Lipinski definition) is 2. The van der Waals surface area contributed by atoms with E-state index in [2.05, 4.69) is 6.92 Å². The van der Waals surface area contributed by atoms with Crippen LogP contribution in [0.3, 0.4) is 0 Å². The van der Waals surface area contributed by atoms with E-state index in [0.717, 1.165) is 19.4 Å². The average Bonchev–Trinajstić information content (AvgIpc) is 2.38. The van der Waals surface area contributed by atoms with Gasteiger partial charge in [-0.15, -0.1) is 0 Å². The molecule has 0 saturated carbocycles. The van der Waals surface area contributed by atoms with Crippen LogP contribution in [0.4, 0.5) is 0 Å². The van der Waals surface area contributed by atoms with Crippen LogP contribution < -0.4 is 5.73 Å². The van der Waals surface area contributed by atoms with Gasteiger partial charge in [-0.25, -0.2) is 0 Å². The van der Waals surface area contributed by atoms with E-state index < -0.39 is 0 Å². The van der Waals surface area contributed by atoms with Crippen LogP contribution in [0.25, 0.3) is 0 Å². The standard InChI is InChI=1S/C14H19ClN2O/c1-10-3-2-8-17(13(10)9-16)14(18)11-4-6-12(15)7-5-11/h4-7,10,13H,2-3,8-9,16H2,1H3. The second-order valence-corrected chi connectivity index (χ2v) is 5.36. The van der Waals surface area contributed by atoms with Crippen LogP contribution in [-0.4, -0.2) is 29.9 Å². The Balaban J connectivity index is 2.18. The smallest absolute Gasteiger partial charge is 0.254 e. The largest absolute Gasteiger partial charge is 0.334 e. The Morgan fingerprint density at radius 2 is 2.11 bits per heavy atom. The molecule has 0 radical (unpaired) electrons. The Morgan fingerprint density at radius 1 is 1.44 bits per heavy atom. The molecule has 0 spiro atoms. The number of carbonyl (C=O) groups is 1. The van der Waals surface area contributed by atoms with Crippen molar-refractivity contribution in [1.82, 2.24) is 4.90 Å². The van der Waals surface area contributed by atoms with Crippen LogP contribution in [0.1, 0.15) is 30.1 Å². The van der Waals surface area contributed by atoms with Gasteiger partial charge in [-0.3, -0.25) is 4.79 Å². The summed E-state index contributed by atoms with van der Waals surface area (Å²) in [7, 11) is 0. The molecule has 1 fully saturated rings. The first-order chi connectivity index (χ1) is 8.63. The van der Waals surface area contributed by atoms with Gasteiger partial charge in [0.25, 0.3) is 5.91 Å². The molecule has 2 N–H and O–H groups in total. The van der Waals surface area contributed by atoms with Crippen molar-refractivity contribution in [1.29, 1.82) is 0 Å². The fourth-order valence-electron chi connectivity index (χ4n) is 2.62. The number of piperidine rings is 1. The van der Waals surface area contributed by atoms with Crippen molar-refractivity contribution in [2.24, 2.45) is 11.7 Å². The highest BCUT2D eigenvalue weighted by Crippen LogP contribution is 2.24. The van der Waals surface area contributed by atoms with Crippen LogP contribution in [0.2, 0.25) is 5.02 Å². The number of nitrogens with two attached hydrogens (primary N) is 1. The zero-order valence-electron chi connectivity index (χ0n) is 10.6. The Hall–Kier alpha value is -1.06. The van der Waals surface area contributed by atoms with Gasteiger partial charge < -0.3 is 10.6 Å². The van der Waals surface area contributed by atoms with Crippen molar-refractivity contribution >= 4 is 17.5 Å². The number of rotatable bonds is 2. The molecule has 1 aromatic carbocycles. The third kappa shape index (κ3) is 2.68. The molecule has 1 saturated heterocycles. The van der Waals surface area contributed by atoms with Gasteiger partial charge in [0.1, 0.15) is 0 Å². The molecule has 1 amide bonds. The van der Waals surface area contributed by atoms with Crippen molar-refractivity contribution in [3.05, 3.63) is 34.9 Å². The van der Waals surface area contributed by atoms with E-state index >= 15 is 0 Å². The molecule has 2 unspecified atom stereocenters. The van der Waals surface area contributed by atoms with E-state index in [4.69, 9.17) is 17.3 Å². The SMILES string of the molecule is CC1CCCN(C(=O)c2ccc(Cl)cc2)C1CN. The van der Waals surface area contributed by atoms with E-state index in [-0.39, 0.29) is 11.9 Å². The lowest BCUT2D eigenvalue weighted by Crippen LogP contribution is -2.51. The van der Waals surface area contributed by atoms with Gasteiger partial charge in [0.05, 0.1) is 0 Å². The number of carbonyl (C=O) groups excluding carboxylic acids is 1. The van der Waals surface area contributed by atoms with Crippen molar-refractivity contribution in [3.63, 3.8) is 0 Å². The summed E-state index contributed by atoms with van der Waals surface area (Å²) in [5.41, 5.74) is 6.50. The first-order valence-electron chi connectivity index (χ1n) is 6.40. The number of halogens is 1. The van der Waals surface area contributed by atoms with Crippen LogP contribution >= 0.6 is 11.6 Å². The molecule has 4 heteroatoms. The second kappa shape index (κ2) is 5.72. The van der Waals surface area contributed by atoms with E-state index in [1.54, 1.807) is 24.3 Å². The summed E-state index contributed by atoms with van der Waals surface area (Å²) in [6, 6.07) is 7.20. The molecule has 1 heterocycles. The number of benzene rings is 1. The van der Waals surface area contributed by atoms with Crippen molar-refractivity contribution in [3.8, 4) is 0 Å². The lowest BCUT2D eigenvalue weighted by molar-refractivity contribution is 0.0532. The van der Waals surface area contributed by atoms with Gasteiger partial charge in [-0.05, 0) is 43.0 Å². The maximum atomic E-state index is 12.5. The van der Waals surface area contributed by atoms with E-state index in [9.17, 15) is 4.79 Å². The van der Waals surface area contributed by atoms with Crippen molar-refractivity contribution < 1.29 is 4.79 Å². The molecule has 1 aromatic rings. The van der Waals surface area contributed by atoms with Gasteiger partial charge in [0, 0.05) is 29.7 Å².